The van der Waals surface area contributed by atoms with Crippen molar-refractivity contribution in [3.63, 3.8) is 0 Å². The summed E-state index contributed by atoms with van der Waals surface area (Å²) >= 11 is 0. The lowest BCUT2D eigenvalue weighted by Gasteiger charge is -2.01. The SMILES string of the molecule is CNc1ccc(-c2ccc3[nH]c(=O)oc3c2)nn1. The molecule has 0 aliphatic carbocycles. The van der Waals surface area contributed by atoms with Gasteiger partial charge in [-0.15, -0.1) is 10.2 Å². The summed E-state index contributed by atoms with van der Waals surface area (Å²) in [6, 6.07) is 9.08. The minimum absolute atomic E-state index is 0.459. The second-order valence-electron chi connectivity index (χ2n) is 3.78. The van der Waals surface area contributed by atoms with E-state index >= 15 is 0 Å². The molecular weight excluding hydrogens is 232 g/mol. The average molecular weight is 242 g/mol. The topological polar surface area (TPSA) is 83.8 Å². The molecule has 0 aliphatic rings. The quantitative estimate of drug-likeness (QED) is 0.713. The van der Waals surface area contributed by atoms with E-state index in [1.807, 2.05) is 18.2 Å². The highest BCUT2D eigenvalue weighted by atomic mass is 16.4. The fraction of sp³-hybridized carbons (Fsp3) is 0.0833. The summed E-state index contributed by atoms with van der Waals surface area (Å²) in [5.41, 5.74) is 2.75. The lowest BCUT2D eigenvalue weighted by atomic mass is 10.1. The lowest BCUT2D eigenvalue weighted by Crippen LogP contribution is -1.95. The van der Waals surface area contributed by atoms with Crippen LogP contribution in [0.2, 0.25) is 0 Å². The van der Waals surface area contributed by atoms with Gasteiger partial charge in [0.15, 0.2) is 5.58 Å². The Bertz CT molecular complexity index is 743. The number of fused-ring (bicyclic) bond motifs is 1. The zero-order chi connectivity index (χ0) is 12.5. The highest BCUT2D eigenvalue weighted by molar-refractivity contribution is 5.78. The Morgan fingerprint density at radius 3 is 2.83 bits per heavy atom. The number of rotatable bonds is 2. The van der Waals surface area contributed by atoms with Crippen LogP contribution in [0.4, 0.5) is 5.82 Å². The van der Waals surface area contributed by atoms with Crippen LogP contribution in [0.25, 0.3) is 22.4 Å². The van der Waals surface area contributed by atoms with E-state index in [-0.39, 0.29) is 0 Å². The summed E-state index contributed by atoms with van der Waals surface area (Å²) < 4.78 is 5.00. The molecular formula is C12H10N4O2. The Morgan fingerprint density at radius 2 is 2.11 bits per heavy atom. The maximum Gasteiger partial charge on any atom is 0.417 e. The van der Waals surface area contributed by atoms with Gasteiger partial charge in [-0.25, -0.2) is 4.79 Å². The largest absolute Gasteiger partial charge is 0.417 e. The number of hydrogen-bond acceptors (Lipinski definition) is 5. The van der Waals surface area contributed by atoms with Crippen LogP contribution in [0.5, 0.6) is 0 Å². The van der Waals surface area contributed by atoms with Gasteiger partial charge in [-0.1, -0.05) is 6.07 Å². The maximum atomic E-state index is 11.1. The van der Waals surface area contributed by atoms with E-state index < -0.39 is 5.76 Å². The van der Waals surface area contributed by atoms with E-state index in [9.17, 15) is 4.79 Å². The fourth-order valence-corrected chi connectivity index (χ4v) is 1.72. The second kappa shape index (κ2) is 3.99. The zero-order valence-electron chi connectivity index (χ0n) is 9.60. The molecule has 18 heavy (non-hydrogen) atoms. The number of H-pyrrole nitrogens is 1. The van der Waals surface area contributed by atoms with Crippen molar-refractivity contribution in [2.75, 3.05) is 12.4 Å². The molecule has 0 aliphatic heterocycles. The van der Waals surface area contributed by atoms with Crippen LogP contribution in [-0.2, 0) is 0 Å². The molecule has 6 nitrogen and oxygen atoms in total. The monoisotopic (exact) mass is 242 g/mol. The molecule has 3 rings (SSSR count). The molecule has 0 bridgehead atoms. The van der Waals surface area contributed by atoms with Crippen molar-refractivity contribution in [2.45, 2.75) is 0 Å². The third-order valence-corrected chi connectivity index (χ3v) is 2.64. The van der Waals surface area contributed by atoms with Gasteiger partial charge in [-0.05, 0) is 24.3 Å². The molecule has 0 radical (unpaired) electrons. The van der Waals surface area contributed by atoms with Crippen molar-refractivity contribution in [1.29, 1.82) is 0 Å². The van der Waals surface area contributed by atoms with Gasteiger partial charge in [-0.2, -0.15) is 0 Å². The Labute approximate surface area is 102 Å². The standard InChI is InChI=1S/C12H10N4O2/c1-13-11-5-4-8(15-16-11)7-2-3-9-10(6-7)18-12(17)14-9/h2-6H,1H3,(H,13,16)(H,14,17). The summed E-state index contributed by atoms with van der Waals surface area (Å²) in [6.45, 7) is 0. The summed E-state index contributed by atoms with van der Waals surface area (Å²) in [5.74, 6) is 0.242. The Kier molecular flexibility index (Phi) is 2.33. The first kappa shape index (κ1) is 10.5. The number of benzene rings is 1. The highest BCUT2D eigenvalue weighted by Crippen LogP contribution is 2.21. The maximum absolute atomic E-state index is 11.1. The van der Waals surface area contributed by atoms with E-state index in [1.165, 1.54) is 0 Å². The van der Waals surface area contributed by atoms with Gasteiger partial charge in [0.2, 0.25) is 0 Å². The first-order valence-corrected chi connectivity index (χ1v) is 5.41. The average Bonchev–Trinajstić information content (AvgIpc) is 2.78. The van der Waals surface area contributed by atoms with Gasteiger partial charge in [0.1, 0.15) is 5.82 Å². The molecule has 0 saturated heterocycles. The van der Waals surface area contributed by atoms with Crippen LogP contribution in [-0.4, -0.2) is 22.2 Å². The van der Waals surface area contributed by atoms with Gasteiger partial charge in [-0.3, -0.25) is 4.98 Å². The Balaban J connectivity index is 2.09. The molecule has 6 heteroatoms. The Hall–Kier alpha value is -2.63. The molecule has 0 amide bonds. The number of anilines is 1. The summed E-state index contributed by atoms with van der Waals surface area (Å²) in [6.07, 6.45) is 0. The van der Waals surface area contributed by atoms with Crippen LogP contribution < -0.4 is 11.1 Å². The van der Waals surface area contributed by atoms with Gasteiger partial charge in [0.05, 0.1) is 11.2 Å². The van der Waals surface area contributed by atoms with Crippen LogP contribution in [0.15, 0.2) is 39.5 Å². The van der Waals surface area contributed by atoms with Crippen LogP contribution in [0, 0.1) is 0 Å². The third kappa shape index (κ3) is 1.73. The summed E-state index contributed by atoms with van der Waals surface area (Å²) in [4.78, 5) is 13.6. The molecule has 0 saturated carbocycles. The van der Waals surface area contributed by atoms with E-state index in [2.05, 4.69) is 20.5 Å². The van der Waals surface area contributed by atoms with Crippen LogP contribution in [0.3, 0.4) is 0 Å². The molecule has 90 valence electrons. The minimum Gasteiger partial charge on any atom is -0.408 e. The van der Waals surface area contributed by atoms with E-state index in [0.717, 1.165) is 11.3 Å². The first-order chi connectivity index (χ1) is 8.76. The van der Waals surface area contributed by atoms with Gasteiger partial charge >= 0.3 is 5.76 Å². The predicted molar refractivity (Wildman–Crippen MR) is 67.4 cm³/mol. The van der Waals surface area contributed by atoms with Gasteiger partial charge in [0.25, 0.3) is 0 Å². The van der Waals surface area contributed by atoms with Crippen molar-refractivity contribution < 1.29 is 4.42 Å². The number of aromatic nitrogens is 3. The second-order valence-corrected chi connectivity index (χ2v) is 3.78. The molecule has 0 unspecified atom stereocenters. The van der Waals surface area contributed by atoms with E-state index in [4.69, 9.17) is 4.42 Å². The zero-order valence-corrected chi connectivity index (χ0v) is 9.60. The molecule has 2 aromatic heterocycles. The fourth-order valence-electron chi connectivity index (χ4n) is 1.72. The number of hydrogen-bond donors (Lipinski definition) is 2. The normalized spacial score (nSPS) is 10.7. The Morgan fingerprint density at radius 1 is 1.22 bits per heavy atom. The van der Waals surface area contributed by atoms with Crippen molar-refractivity contribution >= 4 is 16.9 Å². The van der Waals surface area contributed by atoms with Crippen molar-refractivity contribution in [1.82, 2.24) is 15.2 Å². The molecule has 3 aromatic rings. The predicted octanol–water partition coefficient (Wildman–Crippen LogP) is 1.62. The molecule has 1 aromatic carbocycles. The van der Waals surface area contributed by atoms with Crippen LogP contribution in [0.1, 0.15) is 0 Å². The molecule has 0 fully saturated rings. The van der Waals surface area contributed by atoms with Gasteiger partial charge in [0, 0.05) is 12.6 Å². The summed E-state index contributed by atoms with van der Waals surface area (Å²) in [5, 5.41) is 11.0. The highest BCUT2D eigenvalue weighted by Gasteiger charge is 2.05. The number of nitrogens with one attached hydrogen (secondary N) is 2. The third-order valence-electron chi connectivity index (χ3n) is 2.64. The van der Waals surface area contributed by atoms with Crippen molar-refractivity contribution in [3.05, 3.63) is 40.9 Å². The smallest absolute Gasteiger partial charge is 0.408 e. The van der Waals surface area contributed by atoms with Gasteiger partial charge < -0.3 is 9.73 Å². The number of nitrogens with zero attached hydrogens (tertiary/aromatic N) is 2. The van der Waals surface area contributed by atoms with Crippen molar-refractivity contribution in [2.24, 2.45) is 0 Å². The molecule has 0 spiro atoms. The first-order valence-electron chi connectivity index (χ1n) is 5.41. The lowest BCUT2D eigenvalue weighted by molar-refractivity contribution is 0.555. The van der Waals surface area contributed by atoms with E-state index in [1.54, 1.807) is 19.2 Å². The van der Waals surface area contributed by atoms with Crippen LogP contribution >= 0.6 is 0 Å². The number of aromatic amines is 1. The molecule has 0 atom stereocenters. The summed E-state index contributed by atoms with van der Waals surface area (Å²) in [7, 11) is 1.78. The van der Waals surface area contributed by atoms with E-state index in [0.29, 0.717) is 16.9 Å². The minimum atomic E-state index is -0.459. The van der Waals surface area contributed by atoms with Crippen molar-refractivity contribution in [3.8, 4) is 11.3 Å². The molecule has 2 heterocycles. The molecule has 2 N–H and O–H groups in total. The number of oxazole rings is 1.